The van der Waals surface area contributed by atoms with Gasteiger partial charge in [0.25, 0.3) is 11.6 Å². The molecule has 0 fully saturated rings. The number of rotatable bonds is 6. The first-order valence-corrected chi connectivity index (χ1v) is 10.1. The van der Waals surface area contributed by atoms with Gasteiger partial charge >= 0.3 is 0 Å². The first kappa shape index (κ1) is 21.6. The molecule has 2 heterocycles. The van der Waals surface area contributed by atoms with E-state index in [2.05, 4.69) is 25.8 Å². The van der Waals surface area contributed by atoms with E-state index in [1.807, 2.05) is 48.9 Å². The Morgan fingerprint density at radius 2 is 1.88 bits per heavy atom. The van der Waals surface area contributed by atoms with Crippen LogP contribution in [0.15, 0.2) is 65.8 Å². The number of aryl methyl sites for hydroxylation is 1. The summed E-state index contributed by atoms with van der Waals surface area (Å²) in [4.78, 5) is 23.1. The number of nitro groups is 1. The van der Waals surface area contributed by atoms with E-state index >= 15 is 0 Å². The molecule has 0 aliphatic rings. The SMILES string of the molecule is CC(=NNC(=O)c1cc(-c2c(C)nn(-c3ccccc3)c2C)n[nH]1)c1cccc([N+](=O)[O-])c1. The van der Waals surface area contributed by atoms with E-state index in [1.165, 1.54) is 12.1 Å². The second-order valence-corrected chi connectivity index (χ2v) is 7.41. The predicted octanol–water partition coefficient (Wildman–Crippen LogP) is 3.94. The third kappa shape index (κ3) is 4.40. The van der Waals surface area contributed by atoms with Gasteiger partial charge in [-0.15, -0.1) is 0 Å². The summed E-state index contributed by atoms with van der Waals surface area (Å²) in [5.74, 6) is -0.482. The van der Waals surface area contributed by atoms with E-state index < -0.39 is 10.8 Å². The summed E-state index contributed by atoms with van der Waals surface area (Å²) in [5.41, 5.74) is 7.66. The number of non-ortho nitro benzene ring substituents is 1. The maximum Gasteiger partial charge on any atom is 0.289 e. The number of carbonyl (C=O) groups excluding carboxylic acids is 1. The number of hydrazone groups is 1. The summed E-state index contributed by atoms with van der Waals surface area (Å²) in [6, 6.07) is 17.4. The molecule has 2 aromatic carbocycles. The highest BCUT2D eigenvalue weighted by Gasteiger charge is 2.19. The monoisotopic (exact) mass is 443 g/mol. The summed E-state index contributed by atoms with van der Waals surface area (Å²) in [5, 5.41) is 26.7. The maximum absolute atomic E-state index is 12.6. The summed E-state index contributed by atoms with van der Waals surface area (Å²) in [6.45, 7) is 5.49. The van der Waals surface area contributed by atoms with Gasteiger partial charge < -0.3 is 0 Å². The second-order valence-electron chi connectivity index (χ2n) is 7.41. The number of aromatic amines is 1. The summed E-state index contributed by atoms with van der Waals surface area (Å²) < 4.78 is 1.84. The van der Waals surface area contributed by atoms with E-state index in [9.17, 15) is 14.9 Å². The van der Waals surface area contributed by atoms with Gasteiger partial charge in [0, 0.05) is 23.3 Å². The van der Waals surface area contributed by atoms with E-state index in [1.54, 1.807) is 25.1 Å². The average Bonchev–Trinajstić information content (AvgIpc) is 3.42. The van der Waals surface area contributed by atoms with Crippen LogP contribution >= 0.6 is 0 Å². The topological polar surface area (TPSA) is 131 Å². The minimum Gasteiger partial charge on any atom is -0.272 e. The van der Waals surface area contributed by atoms with Crippen molar-refractivity contribution >= 4 is 17.3 Å². The lowest BCUT2D eigenvalue weighted by Crippen LogP contribution is -2.19. The molecule has 0 aliphatic heterocycles. The van der Waals surface area contributed by atoms with Crippen LogP contribution < -0.4 is 5.43 Å². The number of hydrogen-bond donors (Lipinski definition) is 2. The number of hydrogen-bond acceptors (Lipinski definition) is 6. The lowest BCUT2D eigenvalue weighted by Gasteiger charge is -2.04. The van der Waals surface area contributed by atoms with Gasteiger partial charge in [0.1, 0.15) is 5.69 Å². The fourth-order valence-electron chi connectivity index (χ4n) is 3.50. The number of nitrogens with zero attached hydrogens (tertiary/aromatic N) is 5. The molecule has 33 heavy (non-hydrogen) atoms. The molecular formula is C23H21N7O3. The van der Waals surface area contributed by atoms with Gasteiger partial charge in [-0.2, -0.15) is 15.3 Å². The molecule has 2 N–H and O–H groups in total. The summed E-state index contributed by atoms with van der Waals surface area (Å²) in [7, 11) is 0. The zero-order valence-electron chi connectivity index (χ0n) is 18.2. The van der Waals surface area contributed by atoms with Crippen molar-refractivity contribution < 1.29 is 9.72 Å². The molecule has 0 atom stereocenters. The fourth-order valence-corrected chi connectivity index (χ4v) is 3.50. The number of amides is 1. The third-order valence-corrected chi connectivity index (χ3v) is 5.17. The molecule has 4 aromatic rings. The minimum absolute atomic E-state index is 0.0478. The molecule has 0 unspecified atom stereocenters. The zero-order chi connectivity index (χ0) is 23.5. The van der Waals surface area contributed by atoms with Crippen molar-refractivity contribution in [3.8, 4) is 16.9 Å². The van der Waals surface area contributed by atoms with Crippen LogP contribution in [-0.2, 0) is 0 Å². The van der Waals surface area contributed by atoms with Crippen molar-refractivity contribution in [2.45, 2.75) is 20.8 Å². The fraction of sp³-hybridized carbons (Fsp3) is 0.130. The smallest absolute Gasteiger partial charge is 0.272 e. The maximum atomic E-state index is 12.6. The highest BCUT2D eigenvalue weighted by Crippen LogP contribution is 2.27. The number of H-pyrrole nitrogens is 1. The van der Waals surface area contributed by atoms with Gasteiger partial charge in [0.15, 0.2) is 0 Å². The number of para-hydroxylation sites is 1. The Bertz CT molecular complexity index is 1370. The van der Waals surface area contributed by atoms with Crippen LogP contribution in [0.1, 0.15) is 34.4 Å². The Balaban J connectivity index is 1.54. The first-order valence-electron chi connectivity index (χ1n) is 10.1. The molecule has 0 saturated carbocycles. The molecule has 0 radical (unpaired) electrons. The van der Waals surface area contributed by atoms with Gasteiger partial charge in [-0.1, -0.05) is 30.3 Å². The van der Waals surface area contributed by atoms with E-state index in [-0.39, 0.29) is 11.4 Å². The van der Waals surface area contributed by atoms with Gasteiger partial charge in [0.05, 0.1) is 33.4 Å². The quantitative estimate of drug-likeness (QED) is 0.265. The molecule has 0 bridgehead atoms. The van der Waals surface area contributed by atoms with E-state index in [0.29, 0.717) is 17.0 Å². The van der Waals surface area contributed by atoms with Crippen molar-refractivity contribution in [1.29, 1.82) is 0 Å². The highest BCUT2D eigenvalue weighted by atomic mass is 16.6. The minimum atomic E-state index is -0.482. The largest absolute Gasteiger partial charge is 0.289 e. The third-order valence-electron chi connectivity index (χ3n) is 5.17. The Morgan fingerprint density at radius 1 is 1.12 bits per heavy atom. The Morgan fingerprint density at radius 3 is 2.61 bits per heavy atom. The van der Waals surface area contributed by atoms with Gasteiger partial charge in [-0.3, -0.25) is 20.0 Å². The van der Waals surface area contributed by atoms with Gasteiger partial charge in [0.2, 0.25) is 0 Å². The molecule has 10 nitrogen and oxygen atoms in total. The number of nitro benzene ring substituents is 1. The second kappa shape index (κ2) is 8.87. The van der Waals surface area contributed by atoms with Crippen molar-refractivity contribution in [1.82, 2.24) is 25.4 Å². The van der Waals surface area contributed by atoms with Gasteiger partial charge in [-0.05, 0) is 39.0 Å². The molecule has 0 aliphatic carbocycles. The molecule has 4 rings (SSSR count). The van der Waals surface area contributed by atoms with Crippen LogP contribution in [0.25, 0.3) is 16.9 Å². The highest BCUT2D eigenvalue weighted by molar-refractivity contribution is 6.01. The van der Waals surface area contributed by atoms with Crippen LogP contribution in [0.4, 0.5) is 5.69 Å². The van der Waals surface area contributed by atoms with Crippen LogP contribution in [0, 0.1) is 24.0 Å². The molecule has 1 amide bonds. The lowest BCUT2D eigenvalue weighted by atomic mass is 10.1. The Hall–Kier alpha value is -4.60. The van der Waals surface area contributed by atoms with E-state index in [0.717, 1.165) is 22.6 Å². The average molecular weight is 443 g/mol. The van der Waals surface area contributed by atoms with Crippen LogP contribution in [-0.4, -0.2) is 36.5 Å². The van der Waals surface area contributed by atoms with Crippen molar-refractivity contribution in [3.63, 3.8) is 0 Å². The number of benzene rings is 2. The Kier molecular flexibility index (Phi) is 5.81. The number of aromatic nitrogens is 4. The first-order chi connectivity index (χ1) is 15.8. The normalized spacial score (nSPS) is 11.4. The van der Waals surface area contributed by atoms with Crippen molar-refractivity contribution in [2.75, 3.05) is 0 Å². The molecule has 10 heteroatoms. The van der Waals surface area contributed by atoms with Crippen LogP contribution in [0.5, 0.6) is 0 Å². The standard InChI is InChI=1S/C23H21N7O3/c1-14(17-8-7-11-19(12-17)30(32)33)24-27-23(31)21-13-20(25-26-21)22-15(2)28-29(16(22)3)18-9-5-4-6-10-18/h4-13H,1-3H3,(H,25,26)(H,27,31). The summed E-state index contributed by atoms with van der Waals surface area (Å²) in [6.07, 6.45) is 0. The van der Waals surface area contributed by atoms with Crippen LogP contribution in [0.3, 0.4) is 0 Å². The Labute approximate surface area is 189 Å². The van der Waals surface area contributed by atoms with Crippen LogP contribution in [0.2, 0.25) is 0 Å². The number of carbonyl (C=O) groups is 1. The summed E-state index contributed by atoms with van der Waals surface area (Å²) >= 11 is 0. The number of nitrogens with one attached hydrogen (secondary N) is 2. The molecule has 0 saturated heterocycles. The molecule has 166 valence electrons. The van der Waals surface area contributed by atoms with Crippen molar-refractivity contribution in [2.24, 2.45) is 5.10 Å². The molecule has 2 aromatic heterocycles. The predicted molar refractivity (Wildman–Crippen MR) is 123 cm³/mol. The van der Waals surface area contributed by atoms with E-state index in [4.69, 9.17) is 0 Å². The van der Waals surface area contributed by atoms with Gasteiger partial charge in [-0.25, -0.2) is 10.1 Å². The molecule has 0 spiro atoms. The zero-order valence-corrected chi connectivity index (χ0v) is 18.2. The van der Waals surface area contributed by atoms with Crippen molar-refractivity contribution in [3.05, 3.63) is 93.4 Å². The lowest BCUT2D eigenvalue weighted by molar-refractivity contribution is -0.384. The molecular weight excluding hydrogens is 422 g/mol.